The van der Waals surface area contributed by atoms with Gasteiger partial charge in [-0.1, -0.05) is 6.92 Å². The molecule has 1 unspecified atom stereocenters. The van der Waals surface area contributed by atoms with Gasteiger partial charge >= 0.3 is 5.97 Å². The smallest absolute Gasteiger partial charge is 0.317 e. The lowest BCUT2D eigenvalue weighted by atomic mass is 10.4. The summed E-state index contributed by atoms with van der Waals surface area (Å²) in [5.41, 5.74) is 5.46. The number of aliphatic carboxylic acids is 1. The Morgan fingerprint density at radius 2 is 2.30 bits per heavy atom. The van der Waals surface area contributed by atoms with Crippen LogP contribution in [0, 0.1) is 0 Å². The second kappa shape index (κ2) is 4.24. The molecule has 4 heteroatoms. The van der Waals surface area contributed by atoms with Gasteiger partial charge in [-0.3, -0.25) is 9.69 Å². The molecule has 60 valence electrons. The molecule has 0 aromatic rings. The van der Waals surface area contributed by atoms with E-state index in [4.69, 9.17) is 10.8 Å². The van der Waals surface area contributed by atoms with Crippen LogP contribution in [0.1, 0.15) is 13.8 Å². The maximum absolute atomic E-state index is 10.2. The van der Waals surface area contributed by atoms with E-state index in [1.165, 1.54) is 0 Å². The Morgan fingerprint density at radius 1 is 1.80 bits per heavy atom. The molecule has 0 spiro atoms. The monoisotopic (exact) mass is 146 g/mol. The maximum Gasteiger partial charge on any atom is 0.317 e. The van der Waals surface area contributed by atoms with E-state index >= 15 is 0 Å². The first-order valence-electron chi connectivity index (χ1n) is 3.29. The number of rotatable bonds is 4. The molecular formula is C6H14N2O2. The number of nitrogens with zero attached hydrogens (tertiary/aromatic N) is 1. The molecule has 0 bridgehead atoms. The molecular weight excluding hydrogens is 132 g/mol. The van der Waals surface area contributed by atoms with Gasteiger partial charge in [0.25, 0.3) is 0 Å². The lowest BCUT2D eigenvalue weighted by Gasteiger charge is -2.21. The fourth-order valence-electron chi connectivity index (χ4n) is 0.718. The standard InChI is InChI=1S/C6H14N2O2/c1-3-8(5(2)7)4-6(9)10/h5H,3-4,7H2,1-2H3,(H,9,10). The number of likely N-dealkylation sites (N-methyl/N-ethyl adjacent to an activating group) is 1. The lowest BCUT2D eigenvalue weighted by Crippen LogP contribution is -2.42. The minimum absolute atomic E-state index is 0.0220. The predicted octanol–water partition coefficient (Wildman–Crippen LogP) is -0.302. The highest BCUT2D eigenvalue weighted by molar-refractivity contribution is 5.69. The number of nitrogens with two attached hydrogens (primary N) is 1. The van der Waals surface area contributed by atoms with Crippen molar-refractivity contribution in [3.63, 3.8) is 0 Å². The second-order valence-corrected chi connectivity index (χ2v) is 2.20. The van der Waals surface area contributed by atoms with Crippen LogP contribution >= 0.6 is 0 Å². The van der Waals surface area contributed by atoms with Gasteiger partial charge in [-0.05, 0) is 13.5 Å². The van der Waals surface area contributed by atoms with Gasteiger partial charge in [0.15, 0.2) is 0 Å². The third-order valence-corrected chi connectivity index (χ3v) is 1.32. The fourth-order valence-corrected chi connectivity index (χ4v) is 0.718. The van der Waals surface area contributed by atoms with E-state index in [1.54, 1.807) is 11.8 Å². The predicted molar refractivity (Wildman–Crippen MR) is 38.5 cm³/mol. The summed E-state index contributed by atoms with van der Waals surface area (Å²) in [5, 5.41) is 8.37. The third-order valence-electron chi connectivity index (χ3n) is 1.32. The summed E-state index contributed by atoms with van der Waals surface area (Å²) >= 11 is 0. The van der Waals surface area contributed by atoms with Crippen molar-refractivity contribution in [2.24, 2.45) is 5.73 Å². The quantitative estimate of drug-likeness (QED) is 0.534. The molecule has 0 saturated heterocycles. The van der Waals surface area contributed by atoms with E-state index in [0.29, 0.717) is 6.54 Å². The van der Waals surface area contributed by atoms with Crippen molar-refractivity contribution < 1.29 is 9.90 Å². The van der Waals surface area contributed by atoms with Crippen molar-refractivity contribution in [3.8, 4) is 0 Å². The Hall–Kier alpha value is -0.610. The molecule has 0 amide bonds. The summed E-state index contributed by atoms with van der Waals surface area (Å²) in [6.07, 6.45) is -0.180. The van der Waals surface area contributed by atoms with E-state index in [9.17, 15) is 4.79 Å². The van der Waals surface area contributed by atoms with Gasteiger partial charge < -0.3 is 10.8 Å². The number of hydrogen-bond acceptors (Lipinski definition) is 3. The minimum Gasteiger partial charge on any atom is -0.480 e. The maximum atomic E-state index is 10.2. The topological polar surface area (TPSA) is 66.6 Å². The van der Waals surface area contributed by atoms with Crippen molar-refractivity contribution in [2.75, 3.05) is 13.1 Å². The second-order valence-electron chi connectivity index (χ2n) is 2.20. The van der Waals surface area contributed by atoms with E-state index in [1.807, 2.05) is 6.92 Å². The van der Waals surface area contributed by atoms with Crippen molar-refractivity contribution in [2.45, 2.75) is 20.0 Å². The number of carbonyl (C=O) groups is 1. The van der Waals surface area contributed by atoms with E-state index in [-0.39, 0.29) is 12.7 Å². The molecule has 0 aromatic heterocycles. The molecule has 0 aliphatic rings. The number of carboxylic acid groups (broad SMARTS) is 1. The Balaban J connectivity index is 3.71. The highest BCUT2D eigenvalue weighted by atomic mass is 16.4. The first-order valence-corrected chi connectivity index (χ1v) is 3.29. The summed E-state index contributed by atoms with van der Waals surface area (Å²) in [6.45, 7) is 4.34. The summed E-state index contributed by atoms with van der Waals surface area (Å²) in [6, 6.07) is 0. The van der Waals surface area contributed by atoms with Gasteiger partial charge in [-0.25, -0.2) is 0 Å². The zero-order valence-corrected chi connectivity index (χ0v) is 6.37. The van der Waals surface area contributed by atoms with Gasteiger partial charge in [0, 0.05) is 0 Å². The Bertz CT molecular complexity index is 114. The number of hydrogen-bond donors (Lipinski definition) is 2. The molecule has 0 saturated carbocycles. The third kappa shape index (κ3) is 3.42. The van der Waals surface area contributed by atoms with Crippen molar-refractivity contribution in [1.29, 1.82) is 0 Å². The molecule has 0 aliphatic carbocycles. The van der Waals surface area contributed by atoms with Crippen LogP contribution in [0.2, 0.25) is 0 Å². The molecule has 4 nitrogen and oxygen atoms in total. The van der Waals surface area contributed by atoms with Crippen LogP contribution in [0.15, 0.2) is 0 Å². The normalized spacial score (nSPS) is 13.6. The Kier molecular flexibility index (Phi) is 3.99. The van der Waals surface area contributed by atoms with Crippen LogP contribution in [-0.2, 0) is 4.79 Å². The molecule has 1 atom stereocenters. The largest absolute Gasteiger partial charge is 0.480 e. The molecule has 0 aliphatic heterocycles. The van der Waals surface area contributed by atoms with Gasteiger partial charge in [0.1, 0.15) is 0 Å². The first kappa shape index (κ1) is 9.39. The highest BCUT2D eigenvalue weighted by Crippen LogP contribution is 1.90. The first-order chi connectivity index (χ1) is 4.57. The van der Waals surface area contributed by atoms with Crippen LogP contribution in [-0.4, -0.2) is 35.2 Å². The summed E-state index contributed by atoms with van der Waals surface area (Å²) in [4.78, 5) is 11.8. The van der Waals surface area contributed by atoms with Gasteiger partial charge in [0.2, 0.25) is 0 Å². The zero-order chi connectivity index (χ0) is 8.15. The van der Waals surface area contributed by atoms with Crippen molar-refractivity contribution in [3.05, 3.63) is 0 Å². The molecule has 10 heavy (non-hydrogen) atoms. The Labute approximate surface area is 60.6 Å². The van der Waals surface area contributed by atoms with Gasteiger partial charge in [-0.2, -0.15) is 0 Å². The van der Waals surface area contributed by atoms with Gasteiger partial charge in [0.05, 0.1) is 12.7 Å². The highest BCUT2D eigenvalue weighted by Gasteiger charge is 2.09. The van der Waals surface area contributed by atoms with Crippen LogP contribution in [0.25, 0.3) is 0 Å². The van der Waals surface area contributed by atoms with E-state index in [0.717, 1.165) is 0 Å². The van der Waals surface area contributed by atoms with Crippen molar-refractivity contribution >= 4 is 5.97 Å². The SMILES string of the molecule is CCN(CC(=O)O)C(C)N. The summed E-state index contributed by atoms with van der Waals surface area (Å²) in [5.74, 6) is -0.834. The van der Waals surface area contributed by atoms with Crippen LogP contribution in [0.5, 0.6) is 0 Å². The summed E-state index contributed by atoms with van der Waals surface area (Å²) in [7, 11) is 0. The average Bonchev–Trinajstić information content (AvgIpc) is 1.81. The fraction of sp³-hybridized carbons (Fsp3) is 0.833. The Morgan fingerprint density at radius 3 is 2.40 bits per heavy atom. The molecule has 0 aromatic carbocycles. The lowest BCUT2D eigenvalue weighted by molar-refractivity contribution is -0.138. The van der Waals surface area contributed by atoms with E-state index in [2.05, 4.69) is 0 Å². The number of carboxylic acids is 1. The molecule has 0 heterocycles. The van der Waals surface area contributed by atoms with Crippen LogP contribution in [0.4, 0.5) is 0 Å². The molecule has 3 N–H and O–H groups in total. The molecule has 0 fully saturated rings. The molecule has 0 rings (SSSR count). The van der Waals surface area contributed by atoms with Gasteiger partial charge in [-0.15, -0.1) is 0 Å². The zero-order valence-electron chi connectivity index (χ0n) is 6.37. The molecule has 0 radical (unpaired) electrons. The van der Waals surface area contributed by atoms with Crippen LogP contribution in [0.3, 0.4) is 0 Å². The summed E-state index contributed by atoms with van der Waals surface area (Å²) < 4.78 is 0. The van der Waals surface area contributed by atoms with Crippen molar-refractivity contribution in [1.82, 2.24) is 4.90 Å². The average molecular weight is 146 g/mol. The van der Waals surface area contributed by atoms with Crippen LogP contribution < -0.4 is 5.73 Å². The minimum atomic E-state index is -0.834. The van der Waals surface area contributed by atoms with E-state index < -0.39 is 5.97 Å².